The van der Waals surface area contributed by atoms with Gasteiger partial charge in [0.15, 0.2) is 0 Å². The minimum atomic E-state index is 0.157. The molecule has 6 nitrogen and oxygen atoms in total. The van der Waals surface area contributed by atoms with Crippen molar-refractivity contribution in [3.05, 3.63) is 41.6 Å². The van der Waals surface area contributed by atoms with Crippen molar-refractivity contribution in [1.29, 1.82) is 0 Å². The highest BCUT2D eigenvalue weighted by molar-refractivity contribution is 5.76. The van der Waals surface area contributed by atoms with Crippen LogP contribution < -0.4 is 4.90 Å². The van der Waals surface area contributed by atoms with Gasteiger partial charge in [0.2, 0.25) is 17.7 Å². The molecule has 2 heterocycles. The monoisotopic (exact) mass is 314 g/mol. The Kier molecular flexibility index (Phi) is 4.60. The Balaban J connectivity index is 1.49. The Morgan fingerprint density at radius 1 is 1.17 bits per heavy atom. The van der Waals surface area contributed by atoms with Gasteiger partial charge in [0.25, 0.3) is 0 Å². The maximum atomic E-state index is 12.3. The van der Waals surface area contributed by atoms with E-state index < -0.39 is 0 Å². The molecular formula is C17H22N4O2. The van der Waals surface area contributed by atoms with Gasteiger partial charge < -0.3 is 14.2 Å². The van der Waals surface area contributed by atoms with Crippen molar-refractivity contribution in [3.8, 4) is 0 Å². The Labute approximate surface area is 136 Å². The van der Waals surface area contributed by atoms with Gasteiger partial charge in [0, 0.05) is 51.6 Å². The van der Waals surface area contributed by atoms with Crippen molar-refractivity contribution in [1.82, 2.24) is 15.1 Å². The van der Waals surface area contributed by atoms with E-state index in [0.29, 0.717) is 24.6 Å². The average Bonchev–Trinajstić information content (AvgIpc) is 2.98. The predicted molar refractivity (Wildman–Crippen MR) is 87.3 cm³/mol. The number of carbonyl (C=O) groups excluding carboxylic acids is 1. The van der Waals surface area contributed by atoms with Gasteiger partial charge >= 0.3 is 0 Å². The minimum Gasteiger partial charge on any atom is -0.426 e. The summed E-state index contributed by atoms with van der Waals surface area (Å²) in [6.45, 7) is 7.11. The van der Waals surface area contributed by atoms with Crippen LogP contribution >= 0.6 is 0 Å². The summed E-state index contributed by atoms with van der Waals surface area (Å²) in [4.78, 5) is 16.6. The number of piperazine rings is 1. The number of hydrogen-bond acceptors (Lipinski definition) is 5. The second-order valence-electron chi connectivity index (χ2n) is 5.92. The molecule has 0 atom stereocenters. The molecule has 1 aromatic heterocycles. The number of benzene rings is 1. The van der Waals surface area contributed by atoms with Crippen molar-refractivity contribution in [3.63, 3.8) is 0 Å². The lowest BCUT2D eigenvalue weighted by molar-refractivity contribution is -0.131. The van der Waals surface area contributed by atoms with E-state index in [1.165, 1.54) is 11.3 Å². The van der Waals surface area contributed by atoms with Crippen LogP contribution in [-0.2, 0) is 11.2 Å². The highest BCUT2D eigenvalue weighted by Crippen LogP contribution is 2.18. The maximum absolute atomic E-state index is 12.3. The highest BCUT2D eigenvalue weighted by atomic mass is 16.4. The lowest BCUT2D eigenvalue weighted by atomic mass is 10.2. The first-order valence-electron chi connectivity index (χ1n) is 8.00. The minimum absolute atomic E-state index is 0.157. The first-order valence-corrected chi connectivity index (χ1v) is 8.00. The van der Waals surface area contributed by atoms with E-state index in [4.69, 9.17) is 4.42 Å². The molecule has 23 heavy (non-hydrogen) atoms. The van der Waals surface area contributed by atoms with Crippen molar-refractivity contribution >= 4 is 11.6 Å². The summed E-state index contributed by atoms with van der Waals surface area (Å²) in [5.41, 5.74) is 2.49. The van der Waals surface area contributed by atoms with Crippen LogP contribution in [0.25, 0.3) is 0 Å². The molecular weight excluding hydrogens is 292 g/mol. The van der Waals surface area contributed by atoms with E-state index in [1.54, 1.807) is 6.92 Å². The molecule has 1 aromatic carbocycles. The summed E-state index contributed by atoms with van der Waals surface area (Å²) in [6.07, 6.45) is 0.934. The van der Waals surface area contributed by atoms with Gasteiger partial charge in [-0.1, -0.05) is 12.1 Å². The van der Waals surface area contributed by atoms with Crippen LogP contribution in [0.4, 0.5) is 5.69 Å². The summed E-state index contributed by atoms with van der Waals surface area (Å²) >= 11 is 0. The molecule has 1 aliphatic heterocycles. The summed E-state index contributed by atoms with van der Waals surface area (Å²) in [5, 5.41) is 7.71. The molecule has 0 unspecified atom stereocenters. The van der Waals surface area contributed by atoms with E-state index in [1.807, 2.05) is 4.90 Å². The predicted octanol–water partition coefficient (Wildman–Crippen LogP) is 1.97. The van der Waals surface area contributed by atoms with E-state index in [-0.39, 0.29) is 5.91 Å². The Morgan fingerprint density at radius 3 is 2.61 bits per heavy atom. The fraction of sp³-hybridized carbons (Fsp3) is 0.471. The molecule has 0 saturated carbocycles. The Hall–Kier alpha value is -2.37. The zero-order valence-electron chi connectivity index (χ0n) is 13.7. The van der Waals surface area contributed by atoms with Crippen LogP contribution in [0.2, 0.25) is 0 Å². The first kappa shape index (κ1) is 15.5. The smallest absolute Gasteiger partial charge is 0.223 e. The van der Waals surface area contributed by atoms with Gasteiger partial charge in [-0.15, -0.1) is 10.2 Å². The van der Waals surface area contributed by atoms with E-state index in [2.05, 4.69) is 46.3 Å². The molecule has 1 fully saturated rings. The zero-order chi connectivity index (χ0) is 16.2. The van der Waals surface area contributed by atoms with Gasteiger partial charge in [-0.2, -0.15) is 0 Å². The largest absolute Gasteiger partial charge is 0.426 e. The number of hydrogen-bond donors (Lipinski definition) is 0. The number of aryl methyl sites for hydroxylation is 3. The molecule has 0 spiro atoms. The topological polar surface area (TPSA) is 62.5 Å². The molecule has 122 valence electrons. The third kappa shape index (κ3) is 3.88. The summed E-state index contributed by atoms with van der Waals surface area (Å²) in [6, 6.07) is 8.49. The van der Waals surface area contributed by atoms with Crippen LogP contribution in [-0.4, -0.2) is 47.2 Å². The zero-order valence-corrected chi connectivity index (χ0v) is 13.7. The first-order chi connectivity index (χ1) is 11.1. The quantitative estimate of drug-likeness (QED) is 0.863. The third-order valence-electron chi connectivity index (χ3n) is 4.12. The van der Waals surface area contributed by atoms with Crippen molar-refractivity contribution in [2.24, 2.45) is 0 Å². The number of rotatable bonds is 4. The van der Waals surface area contributed by atoms with Crippen LogP contribution in [0.1, 0.15) is 23.8 Å². The lowest BCUT2D eigenvalue weighted by Crippen LogP contribution is -2.48. The summed E-state index contributed by atoms with van der Waals surface area (Å²) in [7, 11) is 0. The molecule has 0 radical (unpaired) electrons. The number of nitrogens with zero attached hydrogens (tertiary/aromatic N) is 4. The number of aromatic nitrogens is 2. The van der Waals surface area contributed by atoms with E-state index in [9.17, 15) is 4.79 Å². The van der Waals surface area contributed by atoms with Crippen LogP contribution in [0.15, 0.2) is 28.7 Å². The normalized spacial score (nSPS) is 15.0. The second-order valence-corrected chi connectivity index (χ2v) is 5.92. The van der Waals surface area contributed by atoms with E-state index in [0.717, 1.165) is 26.2 Å². The van der Waals surface area contributed by atoms with Crippen LogP contribution in [0.5, 0.6) is 0 Å². The van der Waals surface area contributed by atoms with Gasteiger partial charge in [0.05, 0.1) is 0 Å². The van der Waals surface area contributed by atoms with Gasteiger partial charge in [-0.3, -0.25) is 4.79 Å². The van der Waals surface area contributed by atoms with Crippen molar-refractivity contribution < 1.29 is 9.21 Å². The van der Waals surface area contributed by atoms with Crippen LogP contribution in [0.3, 0.4) is 0 Å². The molecule has 1 saturated heterocycles. The fourth-order valence-electron chi connectivity index (χ4n) is 2.85. The molecule has 1 aliphatic rings. The molecule has 2 aromatic rings. The molecule has 0 N–H and O–H groups in total. The highest BCUT2D eigenvalue weighted by Gasteiger charge is 2.21. The number of anilines is 1. The molecule has 1 amide bonds. The average molecular weight is 314 g/mol. The van der Waals surface area contributed by atoms with Crippen LogP contribution in [0, 0.1) is 13.8 Å². The second kappa shape index (κ2) is 6.81. The maximum Gasteiger partial charge on any atom is 0.223 e. The van der Waals surface area contributed by atoms with Gasteiger partial charge in [-0.05, 0) is 24.6 Å². The molecule has 0 bridgehead atoms. The lowest BCUT2D eigenvalue weighted by Gasteiger charge is -2.36. The fourth-order valence-corrected chi connectivity index (χ4v) is 2.85. The van der Waals surface area contributed by atoms with Gasteiger partial charge in [-0.25, -0.2) is 0 Å². The van der Waals surface area contributed by atoms with Crippen molar-refractivity contribution in [2.45, 2.75) is 26.7 Å². The molecule has 6 heteroatoms. The summed E-state index contributed by atoms with van der Waals surface area (Å²) in [5.74, 6) is 1.23. The SMILES string of the molecule is Cc1cccc(N2CCN(C(=O)CCc3nnc(C)o3)CC2)c1. The molecule has 0 aliphatic carbocycles. The van der Waals surface area contributed by atoms with Crippen molar-refractivity contribution in [2.75, 3.05) is 31.1 Å². The third-order valence-corrected chi connectivity index (χ3v) is 4.12. The standard InChI is InChI=1S/C17H22N4O2/c1-13-4-3-5-15(12-13)20-8-10-21(11-9-20)17(22)7-6-16-19-18-14(2)23-16/h3-5,12H,6-11H2,1-2H3. The Morgan fingerprint density at radius 2 is 1.96 bits per heavy atom. The van der Waals surface area contributed by atoms with E-state index >= 15 is 0 Å². The molecule has 3 rings (SSSR count). The van der Waals surface area contributed by atoms with Gasteiger partial charge in [0.1, 0.15) is 0 Å². The Bertz CT molecular complexity index is 675. The number of amides is 1. The summed E-state index contributed by atoms with van der Waals surface area (Å²) < 4.78 is 5.31. The number of carbonyl (C=O) groups is 1.